The zero-order valence-electron chi connectivity index (χ0n) is 13.4. The summed E-state index contributed by atoms with van der Waals surface area (Å²) in [7, 11) is 0. The molecule has 1 atom stereocenters. The molecule has 0 aliphatic carbocycles. The molecule has 2 N–H and O–H groups in total. The van der Waals surface area contributed by atoms with Gasteiger partial charge in [-0.05, 0) is 61.2 Å². The number of aryl methyl sites for hydroxylation is 1. The molecule has 2 aromatic rings. The molecule has 0 amide bonds. The van der Waals surface area contributed by atoms with Crippen LogP contribution in [0.3, 0.4) is 0 Å². The Morgan fingerprint density at radius 1 is 1.04 bits per heavy atom. The fourth-order valence-corrected chi connectivity index (χ4v) is 3.17. The van der Waals surface area contributed by atoms with E-state index in [1.165, 1.54) is 17.5 Å². The van der Waals surface area contributed by atoms with E-state index in [0.717, 1.165) is 38.0 Å². The average Bonchev–Trinajstić information content (AvgIpc) is 3.01. The second-order valence-corrected chi connectivity index (χ2v) is 6.34. The highest BCUT2D eigenvalue weighted by Crippen LogP contribution is 2.21. The van der Waals surface area contributed by atoms with Gasteiger partial charge in [-0.1, -0.05) is 36.4 Å². The van der Waals surface area contributed by atoms with Crippen LogP contribution in [0.4, 0.5) is 0 Å². The molecule has 23 heavy (non-hydrogen) atoms. The molecule has 0 bridgehead atoms. The van der Waals surface area contributed by atoms with Gasteiger partial charge in [-0.2, -0.15) is 5.26 Å². The Bertz CT molecular complexity index is 668. The van der Waals surface area contributed by atoms with E-state index < -0.39 is 0 Å². The van der Waals surface area contributed by atoms with Crippen molar-refractivity contribution < 1.29 is 0 Å². The van der Waals surface area contributed by atoms with Gasteiger partial charge in [0.05, 0.1) is 11.6 Å². The standard InChI is InChI=1S/C20H23N3/c21-14-17-5-9-19(10-6-17)18-7-3-16(4-8-18)2-1-12-23-13-11-20(22)15-23/h3-10,20H,1-2,11-13,15,22H2/t20-/m1/s1. The van der Waals surface area contributed by atoms with Crippen LogP contribution in [-0.4, -0.2) is 30.6 Å². The number of nitriles is 1. The van der Waals surface area contributed by atoms with Crippen molar-refractivity contribution in [3.05, 3.63) is 59.7 Å². The van der Waals surface area contributed by atoms with Crippen molar-refractivity contribution in [3.8, 4) is 17.2 Å². The molecular weight excluding hydrogens is 282 g/mol. The molecule has 2 aromatic carbocycles. The van der Waals surface area contributed by atoms with E-state index in [9.17, 15) is 0 Å². The smallest absolute Gasteiger partial charge is 0.0991 e. The quantitative estimate of drug-likeness (QED) is 0.923. The average molecular weight is 305 g/mol. The molecule has 118 valence electrons. The van der Waals surface area contributed by atoms with Gasteiger partial charge in [0.2, 0.25) is 0 Å². The molecule has 0 spiro atoms. The second kappa shape index (κ2) is 7.41. The molecule has 3 nitrogen and oxygen atoms in total. The number of hydrogen-bond acceptors (Lipinski definition) is 3. The summed E-state index contributed by atoms with van der Waals surface area (Å²) >= 11 is 0. The first kappa shape index (κ1) is 15.7. The Hall–Kier alpha value is -2.15. The third-order valence-corrected chi connectivity index (χ3v) is 4.55. The summed E-state index contributed by atoms with van der Waals surface area (Å²) in [6.07, 6.45) is 3.43. The summed E-state index contributed by atoms with van der Waals surface area (Å²) in [6.45, 7) is 3.35. The van der Waals surface area contributed by atoms with Crippen LogP contribution in [0.5, 0.6) is 0 Å². The molecule has 1 heterocycles. The topological polar surface area (TPSA) is 53.0 Å². The van der Waals surface area contributed by atoms with Crippen molar-refractivity contribution >= 4 is 0 Å². The molecule has 0 radical (unpaired) electrons. The molecule has 1 saturated heterocycles. The van der Waals surface area contributed by atoms with Gasteiger partial charge in [-0.25, -0.2) is 0 Å². The van der Waals surface area contributed by atoms with E-state index in [0.29, 0.717) is 11.6 Å². The minimum absolute atomic E-state index is 0.377. The van der Waals surface area contributed by atoms with E-state index in [1.807, 2.05) is 24.3 Å². The number of rotatable bonds is 5. The molecule has 0 unspecified atom stereocenters. The van der Waals surface area contributed by atoms with Crippen LogP contribution in [0.1, 0.15) is 24.0 Å². The van der Waals surface area contributed by atoms with Crippen LogP contribution in [0, 0.1) is 11.3 Å². The zero-order valence-corrected chi connectivity index (χ0v) is 13.4. The van der Waals surface area contributed by atoms with Crippen LogP contribution >= 0.6 is 0 Å². The summed E-state index contributed by atoms with van der Waals surface area (Å²) in [5.41, 5.74) is 10.4. The van der Waals surface area contributed by atoms with Gasteiger partial charge in [0.25, 0.3) is 0 Å². The Balaban J connectivity index is 1.53. The first-order valence-electron chi connectivity index (χ1n) is 8.32. The summed E-state index contributed by atoms with van der Waals surface area (Å²) in [4.78, 5) is 2.47. The number of likely N-dealkylation sites (tertiary alicyclic amines) is 1. The predicted octanol–water partition coefficient (Wildman–Crippen LogP) is 3.19. The molecule has 3 heteroatoms. The Labute approximate surface area is 138 Å². The van der Waals surface area contributed by atoms with E-state index in [-0.39, 0.29) is 0 Å². The second-order valence-electron chi connectivity index (χ2n) is 6.34. The third kappa shape index (κ3) is 4.19. The molecule has 0 aromatic heterocycles. The van der Waals surface area contributed by atoms with Gasteiger partial charge >= 0.3 is 0 Å². The number of nitrogens with zero attached hydrogens (tertiary/aromatic N) is 2. The number of benzene rings is 2. The van der Waals surface area contributed by atoms with Crippen molar-refractivity contribution in [2.45, 2.75) is 25.3 Å². The van der Waals surface area contributed by atoms with E-state index in [1.54, 1.807) is 0 Å². The Morgan fingerprint density at radius 3 is 2.26 bits per heavy atom. The van der Waals surface area contributed by atoms with Crippen molar-refractivity contribution in [1.29, 1.82) is 5.26 Å². The highest BCUT2D eigenvalue weighted by molar-refractivity contribution is 5.64. The third-order valence-electron chi connectivity index (χ3n) is 4.55. The summed E-state index contributed by atoms with van der Waals surface area (Å²) in [6, 6.07) is 19.0. The lowest BCUT2D eigenvalue weighted by atomic mass is 10.0. The van der Waals surface area contributed by atoms with E-state index in [2.05, 4.69) is 35.2 Å². The predicted molar refractivity (Wildman–Crippen MR) is 93.9 cm³/mol. The minimum Gasteiger partial charge on any atom is -0.326 e. The van der Waals surface area contributed by atoms with Crippen molar-refractivity contribution in [1.82, 2.24) is 4.90 Å². The minimum atomic E-state index is 0.377. The van der Waals surface area contributed by atoms with Gasteiger partial charge < -0.3 is 10.6 Å². The van der Waals surface area contributed by atoms with Gasteiger partial charge in [-0.15, -0.1) is 0 Å². The van der Waals surface area contributed by atoms with Crippen molar-refractivity contribution in [3.63, 3.8) is 0 Å². The molecule has 1 aliphatic rings. The fourth-order valence-electron chi connectivity index (χ4n) is 3.17. The van der Waals surface area contributed by atoms with Crippen molar-refractivity contribution in [2.75, 3.05) is 19.6 Å². The SMILES string of the molecule is N#Cc1ccc(-c2ccc(CCCN3CC[C@@H](N)C3)cc2)cc1. The summed E-state index contributed by atoms with van der Waals surface area (Å²) in [5.74, 6) is 0. The zero-order chi connectivity index (χ0) is 16.1. The lowest BCUT2D eigenvalue weighted by molar-refractivity contribution is 0.329. The van der Waals surface area contributed by atoms with Gasteiger partial charge in [-0.3, -0.25) is 0 Å². The largest absolute Gasteiger partial charge is 0.326 e. The lowest BCUT2D eigenvalue weighted by Crippen LogP contribution is -2.27. The Kier molecular flexibility index (Phi) is 5.07. The highest BCUT2D eigenvalue weighted by atomic mass is 15.2. The van der Waals surface area contributed by atoms with Gasteiger partial charge in [0.15, 0.2) is 0 Å². The first-order valence-corrected chi connectivity index (χ1v) is 8.32. The van der Waals surface area contributed by atoms with Crippen LogP contribution in [-0.2, 0) is 6.42 Å². The van der Waals surface area contributed by atoms with E-state index >= 15 is 0 Å². The summed E-state index contributed by atoms with van der Waals surface area (Å²) in [5, 5.41) is 8.85. The van der Waals surface area contributed by atoms with Crippen LogP contribution in [0.2, 0.25) is 0 Å². The number of nitrogens with two attached hydrogens (primary N) is 1. The van der Waals surface area contributed by atoms with Crippen LogP contribution in [0.25, 0.3) is 11.1 Å². The highest BCUT2D eigenvalue weighted by Gasteiger charge is 2.17. The van der Waals surface area contributed by atoms with Gasteiger partial charge in [0.1, 0.15) is 0 Å². The number of hydrogen-bond donors (Lipinski definition) is 1. The van der Waals surface area contributed by atoms with Crippen LogP contribution in [0.15, 0.2) is 48.5 Å². The normalized spacial score (nSPS) is 18.0. The van der Waals surface area contributed by atoms with Gasteiger partial charge in [0, 0.05) is 12.6 Å². The van der Waals surface area contributed by atoms with Crippen molar-refractivity contribution in [2.24, 2.45) is 5.73 Å². The maximum Gasteiger partial charge on any atom is 0.0991 e. The van der Waals surface area contributed by atoms with E-state index in [4.69, 9.17) is 11.0 Å². The fraction of sp³-hybridized carbons (Fsp3) is 0.350. The molecule has 1 aliphatic heterocycles. The lowest BCUT2D eigenvalue weighted by Gasteiger charge is -2.14. The monoisotopic (exact) mass is 305 g/mol. The molecule has 1 fully saturated rings. The first-order chi connectivity index (χ1) is 11.2. The maximum absolute atomic E-state index is 8.85. The molecular formula is C20H23N3. The molecule has 0 saturated carbocycles. The Morgan fingerprint density at radius 2 is 1.70 bits per heavy atom. The summed E-state index contributed by atoms with van der Waals surface area (Å²) < 4.78 is 0. The maximum atomic E-state index is 8.85. The molecule has 3 rings (SSSR count). The van der Waals surface area contributed by atoms with Crippen LogP contribution < -0.4 is 5.73 Å².